The van der Waals surface area contributed by atoms with Gasteiger partial charge in [0.25, 0.3) is 0 Å². The van der Waals surface area contributed by atoms with E-state index in [9.17, 15) is 4.79 Å². The first-order chi connectivity index (χ1) is 10.1. The summed E-state index contributed by atoms with van der Waals surface area (Å²) in [5.74, 6) is -0.279. The van der Waals surface area contributed by atoms with Gasteiger partial charge in [0.2, 0.25) is 0 Å². The zero-order chi connectivity index (χ0) is 15.2. The minimum absolute atomic E-state index is 0.254. The number of carboxylic acids is 1. The summed E-state index contributed by atoms with van der Waals surface area (Å²) in [6.45, 7) is 3.02. The molecule has 2 rings (SSSR count). The van der Waals surface area contributed by atoms with Gasteiger partial charge in [0, 0.05) is 12.2 Å². The first-order valence-corrected chi connectivity index (χ1v) is 6.96. The Bertz CT molecular complexity index is 643. The normalized spacial score (nSPS) is 10.2. The van der Waals surface area contributed by atoms with Crippen molar-refractivity contribution in [2.75, 3.05) is 11.9 Å². The number of carboxylic acid groups (broad SMARTS) is 1. The molecule has 0 fully saturated rings. The van der Waals surface area contributed by atoms with Crippen molar-refractivity contribution in [1.29, 1.82) is 0 Å². The minimum Gasteiger partial charge on any atom is -0.492 e. The van der Waals surface area contributed by atoms with Crippen molar-refractivity contribution in [3.05, 3.63) is 58.6 Å². The van der Waals surface area contributed by atoms with E-state index in [4.69, 9.17) is 21.4 Å². The second-order valence-corrected chi connectivity index (χ2v) is 4.84. The van der Waals surface area contributed by atoms with Gasteiger partial charge in [-0.2, -0.15) is 0 Å². The predicted octanol–water partition coefficient (Wildman–Crippen LogP) is 4.05. The molecule has 0 heterocycles. The number of anilines is 1. The van der Waals surface area contributed by atoms with Crippen LogP contribution in [0.4, 0.5) is 5.69 Å². The molecule has 0 aliphatic carbocycles. The predicted molar refractivity (Wildman–Crippen MR) is 83.3 cm³/mol. The summed E-state index contributed by atoms with van der Waals surface area (Å²) in [4.78, 5) is 10.9. The third-order valence-corrected chi connectivity index (χ3v) is 3.20. The highest BCUT2D eigenvalue weighted by Crippen LogP contribution is 2.25. The molecular formula is C16H16ClNO3. The summed E-state index contributed by atoms with van der Waals surface area (Å²) in [5, 5.41) is 12.7. The van der Waals surface area contributed by atoms with Crippen molar-refractivity contribution < 1.29 is 14.6 Å². The number of halogens is 1. The lowest BCUT2D eigenvalue weighted by molar-refractivity contribution is 0.0697. The van der Waals surface area contributed by atoms with Crippen LogP contribution in [-0.2, 0) is 6.54 Å². The summed E-state index contributed by atoms with van der Waals surface area (Å²) >= 11 is 6.13. The third kappa shape index (κ3) is 4.13. The highest BCUT2D eigenvalue weighted by Gasteiger charge is 2.05. The lowest BCUT2D eigenvalue weighted by Crippen LogP contribution is -2.02. The first-order valence-electron chi connectivity index (χ1n) is 6.58. The molecule has 0 saturated heterocycles. The van der Waals surface area contributed by atoms with Crippen LogP contribution in [0.2, 0.25) is 5.02 Å². The highest BCUT2D eigenvalue weighted by atomic mass is 35.5. The SMILES string of the molecule is CCOc1ccc(CNc2cccc(C(=O)O)c2)cc1Cl. The van der Waals surface area contributed by atoms with Crippen LogP contribution in [0.3, 0.4) is 0 Å². The molecule has 5 heteroatoms. The molecule has 0 aromatic heterocycles. The van der Waals surface area contributed by atoms with E-state index in [1.165, 1.54) is 0 Å². The molecule has 2 N–H and O–H groups in total. The number of aromatic carboxylic acids is 1. The maximum absolute atomic E-state index is 10.9. The molecule has 0 amide bonds. The van der Waals surface area contributed by atoms with Crippen molar-refractivity contribution in [2.24, 2.45) is 0 Å². The molecule has 0 aliphatic rings. The van der Waals surface area contributed by atoms with Gasteiger partial charge in [-0.15, -0.1) is 0 Å². The number of nitrogens with one attached hydrogen (secondary N) is 1. The molecular weight excluding hydrogens is 290 g/mol. The van der Waals surface area contributed by atoms with E-state index < -0.39 is 5.97 Å². The highest BCUT2D eigenvalue weighted by molar-refractivity contribution is 6.32. The number of ether oxygens (including phenoxy) is 1. The van der Waals surface area contributed by atoms with Gasteiger partial charge in [-0.1, -0.05) is 23.7 Å². The largest absolute Gasteiger partial charge is 0.492 e. The van der Waals surface area contributed by atoms with Crippen LogP contribution < -0.4 is 10.1 Å². The standard InChI is InChI=1S/C16H16ClNO3/c1-2-21-15-7-6-11(8-14(15)17)10-18-13-5-3-4-12(9-13)16(19)20/h3-9,18H,2,10H2,1H3,(H,19,20). The van der Waals surface area contributed by atoms with E-state index in [1.54, 1.807) is 18.2 Å². The van der Waals surface area contributed by atoms with Gasteiger partial charge < -0.3 is 15.2 Å². The van der Waals surface area contributed by atoms with Crippen molar-refractivity contribution in [3.8, 4) is 5.75 Å². The van der Waals surface area contributed by atoms with Crippen LogP contribution in [0.15, 0.2) is 42.5 Å². The topological polar surface area (TPSA) is 58.6 Å². The van der Waals surface area contributed by atoms with Gasteiger partial charge in [0.15, 0.2) is 0 Å². The minimum atomic E-state index is -0.942. The van der Waals surface area contributed by atoms with Gasteiger partial charge in [0.05, 0.1) is 17.2 Å². The molecule has 4 nitrogen and oxygen atoms in total. The smallest absolute Gasteiger partial charge is 0.335 e. The van der Waals surface area contributed by atoms with Crippen LogP contribution in [0.1, 0.15) is 22.8 Å². The Labute approximate surface area is 128 Å². The van der Waals surface area contributed by atoms with Crippen molar-refractivity contribution in [3.63, 3.8) is 0 Å². The summed E-state index contributed by atoms with van der Waals surface area (Å²) < 4.78 is 5.38. The van der Waals surface area contributed by atoms with Crippen molar-refractivity contribution in [2.45, 2.75) is 13.5 Å². The average Bonchev–Trinajstić information content (AvgIpc) is 2.48. The van der Waals surface area contributed by atoms with Crippen LogP contribution in [-0.4, -0.2) is 17.7 Å². The van der Waals surface area contributed by atoms with E-state index in [0.717, 1.165) is 11.3 Å². The lowest BCUT2D eigenvalue weighted by atomic mass is 10.2. The second-order valence-electron chi connectivity index (χ2n) is 4.44. The molecule has 0 bridgehead atoms. The molecule has 0 radical (unpaired) electrons. The second kappa shape index (κ2) is 6.99. The molecule has 0 saturated carbocycles. The summed E-state index contributed by atoms with van der Waals surface area (Å²) in [6.07, 6.45) is 0. The number of benzene rings is 2. The maximum atomic E-state index is 10.9. The molecule has 2 aromatic rings. The number of carbonyl (C=O) groups is 1. The van der Waals surface area contributed by atoms with Gasteiger partial charge >= 0.3 is 5.97 Å². The van der Waals surface area contributed by atoms with E-state index >= 15 is 0 Å². The maximum Gasteiger partial charge on any atom is 0.335 e. The Morgan fingerprint density at radius 2 is 2.10 bits per heavy atom. The quantitative estimate of drug-likeness (QED) is 0.845. The third-order valence-electron chi connectivity index (χ3n) is 2.90. The van der Waals surface area contributed by atoms with Crippen molar-refractivity contribution >= 4 is 23.3 Å². The number of rotatable bonds is 6. The molecule has 0 spiro atoms. The number of hydrogen-bond donors (Lipinski definition) is 2. The Morgan fingerprint density at radius 1 is 1.29 bits per heavy atom. The van der Waals surface area contributed by atoms with Gasteiger partial charge in [0.1, 0.15) is 5.75 Å². The Kier molecular flexibility index (Phi) is 5.06. The van der Waals surface area contributed by atoms with Crippen LogP contribution in [0.25, 0.3) is 0 Å². The summed E-state index contributed by atoms with van der Waals surface area (Å²) in [5.41, 5.74) is 1.99. The monoisotopic (exact) mass is 305 g/mol. The average molecular weight is 306 g/mol. The Morgan fingerprint density at radius 3 is 2.76 bits per heavy atom. The van der Waals surface area contributed by atoms with E-state index in [-0.39, 0.29) is 5.56 Å². The van der Waals surface area contributed by atoms with Gasteiger partial charge in [-0.05, 0) is 42.8 Å². The molecule has 21 heavy (non-hydrogen) atoms. The Balaban J connectivity index is 2.04. The lowest BCUT2D eigenvalue weighted by Gasteiger charge is -2.10. The van der Waals surface area contributed by atoms with Gasteiger partial charge in [-0.3, -0.25) is 0 Å². The van der Waals surface area contributed by atoms with E-state index in [0.29, 0.717) is 23.9 Å². The fraction of sp³-hybridized carbons (Fsp3) is 0.188. The zero-order valence-electron chi connectivity index (χ0n) is 11.6. The zero-order valence-corrected chi connectivity index (χ0v) is 12.4. The molecule has 0 aliphatic heterocycles. The first kappa shape index (κ1) is 15.2. The van der Waals surface area contributed by atoms with E-state index in [1.807, 2.05) is 31.2 Å². The van der Waals surface area contributed by atoms with Crippen LogP contribution >= 0.6 is 11.6 Å². The Hall–Kier alpha value is -2.20. The number of hydrogen-bond acceptors (Lipinski definition) is 3. The van der Waals surface area contributed by atoms with E-state index in [2.05, 4.69) is 5.32 Å². The van der Waals surface area contributed by atoms with Crippen molar-refractivity contribution in [1.82, 2.24) is 0 Å². The molecule has 2 aromatic carbocycles. The van der Waals surface area contributed by atoms with Gasteiger partial charge in [-0.25, -0.2) is 4.79 Å². The fourth-order valence-corrected chi connectivity index (χ4v) is 2.15. The summed E-state index contributed by atoms with van der Waals surface area (Å²) in [6, 6.07) is 12.3. The molecule has 0 unspecified atom stereocenters. The van der Waals surface area contributed by atoms with Crippen LogP contribution in [0.5, 0.6) is 5.75 Å². The molecule has 110 valence electrons. The summed E-state index contributed by atoms with van der Waals surface area (Å²) in [7, 11) is 0. The molecule has 0 atom stereocenters. The fourth-order valence-electron chi connectivity index (χ4n) is 1.89. The van der Waals surface area contributed by atoms with Crippen LogP contribution in [0, 0.1) is 0 Å².